The first kappa shape index (κ1) is 13.6. The van der Waals surface area contributed by atoms with E-state index in [0.29, 0.717) is 0 Å². The van der Waals surface area contributed by atoms with Gasteiger partial charge in [-0.05, 0) is 28.1 Å². The molecule has 3 aromatic rings. The number of H-pyrrole nitrogens is 1. The Morgan fingerprint density at radius 2 is 2.10 bits per heavy atom. The van der Waals surface area contributed by atoms with Gasteiger partial charge in [0.2, 0.25) is 0 Å². The minimum Gasteiger partial charge on any atom is -0.404 e. The molecule has 104 valence electrons. The largest absolute Gasteiger partial charge is 0.404 e. The van der Waals surface area contributed by atoms with E-state index >= 15 is 0 Å². The molecule has 0 aliphatic heterocycles. The first-order valence-electron chi connectivity index (χ1n) is 6.37. The van der Waals surface area contributed by atoms with Crippen LogP contribution in [-0.4, -0.2) is 15.0 Å². The van der Waals surface area contributed by atoms with Crippen molar-refractivity contribution in [3.8, 4) is 0 Å². The minimum absolute atomic E-state index is 0.809. The number of hydrogen-bond acceptors (Lipinski definition) is 3. The number of fused-ring (bicyclic) bond motifs is 3. The lowest BCUT2D eigenvalue weighted by atomic mass is 10.1. The maximum Gasteiger partial charge on any atom is 0.138 e. The second kappa shape index (κ2) is 5.54. The van der Waals surface area contributed by atoms with E-state index < -0.39 is 0 Å². The highest BCUT2D eigenvalue weighted by atomic mass is 79.9. The number of aromatic amines is 1. The summed E-state index contributed by atoms with van der Waals surface area (Å²) in [7, 11) is 0. The van der Waals surface area contributed by atoms with Crippen molar-refractivity contribution in [2.45, 2.75) is 0 Å². The molecule has 0 aliphatic rings. The van der Waals surface area contributed by atoms with Crippen LogP contribution in [0.25, 0.3) is 27.5 Å². The topological polar surface area (TPSA) is 67.6 Å². The van der Waals surface area contributed by atoms with Crippen LogP contribution >= 0.6 is 15.9 Å². The first-order valence-corrected chi connectivity index (χ1v) is 7.16. The van der Waals surface area contributed by atoms with Crippen molar-refractivity contribution < 1.29 is 0 Å². The Morgan fingerprint density at radius 1 is 1.24 bits per heavy atom. The fourth-order valence-corrected chi connectivity index (χ4v) is 2.54. The van der Waals surface area contributed by atoms with E-state index in [4.69, 9.17) is 5.73 Å². The van der Waals surface area contributed by atoms with Gasteiger partial charge in [0.15, 0.2) is 0 Å². The number of hydrogen-bond donors (Lipinski definition) is 2. The molecule has 5 heteroatoms. The van der Waals surface area contributed by atoms with Crippen molar-refractivity contribution in [3.63, 3.8) is 0 Å². The Hall–Kier alpha value is -2.40. The van der Waals surface area contributed by atoms with Crippen LogP contribution in [0.15, 0.2) is 60.0 Å². The van der Waals surface area contributed by atoms with E-state index in [2.05, 4.69) is 37.5 Å². The lowest BCUT2D eigenvalue weighted by Crippen LogP contribution is -1.90. The predicted molar refractivity (Wildman–Crippen MR) is 90.6 cm³/mol. The Balaban J connectivity index is 2.23. The number of nitrogens with one attached hydrogen (secondary N) is 1. The molecule has 21 heavy (non-hydrogen) atoms. The lowest BCUT2D eigenvalue weighted by molar-refractivity contribution is 1.28. The summed E-state index contributed by atoms with van der Waals surface area (Å²) in [6, 6.07) is 4.05. The van der Waals surface area contributed by atoms with Gasteiger partial charge in [0, 0.05) is 33.2 Å². The Morgan fingerprint density at radius 3 is 2.86 bits per heavy atom. The van der Waals surface area contributed by atoms with Crippen LogP contribution in [0.3, 0.4) is 0 Å². The monoisotopic (exact) mass is 340 g/mol. The molecule has 0 saturated carbocycles. The number of aromatic nitrogens is 3. The second-order valence-corrected chi connectivity index (χ2v) is 5.42. The summed E-state index contributed by atoms with van der Waals surface area (Å²) in [4.78, 5) is 12.1. The van der Waals surface area contributed by atoms with E-state index in [1.165, 1.54) is 6.20 Å². The van der Waals surface area contributed by atoms with Crippen molar-refractivity contribution in [3.05, 3.63) is 65.7 Å². The van der Waals surface area contributed by atoms with Crippen LogP contribution in [-0.2, 0) is 0 Å². The highest BCUT2D eigenvalue weighted by Gasteiger charge is 2.08. The zero-order valence-corrected chi connectivity index (χ0v) is 12.8. The fraction of sp³-hybridized carbons (Fsp3) is 0. The molecule has 0 aromatic carbocycles. The third kappa shape index (κ3) is 2.48. The molecule has 0 atom stereocenters. The second-order valence-electron chi connectivity index (χ2n) is 4.51. The van der Waals surface area contributed by atoms with Gasteiger partial charge in [0.25, 0.3) is 0 Å². The summed E-state index contributed by atoms with van der Waals surface area (Å²) >= 11 is 3.45. The maximum atomic E-state index is 5.69. The summed E-state index contributed by atoms with van der Waals surface area (Å²) in [5, 5.41) is 2.11. The van der Waals surface area contributed by atoms with Gasteiger partial charge in [-0.1, -0.05) is 24.8 Å². The lowest BCUT2D eigenvalue weighted by Gasteiger charge is -2.01. The molecule has 0 unspecified atom stereocenters. The summed E-state index contributed by atoms with van der Waals surface area (Å²) < 4.78 is 0.940. The van der Waals surface area contributed by atoms with Crippen molar-refractivity contribution in [1.29, 1.82) is 0 Å². The molecular weight excluding hydrogens is 328 g/mol. The van der Waals surface area contributed by atoms with Gasteiger partial charge >= 0.3 is 0 Å². The molecular formula is C16H13BrN4. The first-order chi connectivity index (χ1) is 10.2. The van der Waals surface area contributed by atoms with Crippen molar-refractivity contribution >= 4 is 43.4 Å². The smallest absolute Gasteiger partial charge is 0.138 e. The van der Waals surface area contributed by atoms with Gasteiger partial charge in [0.05, 0.1) is 17.4 Å². The van der Waals surface area contributed by atoms with Crippen LogP contribution in [0.5, 0.6) is 0 Å². The van der Waals surface area contributed by atoms with Crippen LogP contribution in [0, 0.1) is 0 Å². The van der Waals surface area contributed by atoms with E-state index in [-0.39, 0.29) is 0 Å². The normalized spacial score (nSPS) is 12.5. The number of rotatable bonds is 3. The Labute approximate surface area is 130 Å². The van der Waals surface area contributed by atoms with Crippen LogP contribution < -0.4 is 5.73 Å². The Kier molecular flexibility index (Phi) is 3.58. The molecule has 3 rings (SSSR count). The summed E-state index contributed by atoms with van der Waals surface area (Å²) in [5.74, 6) is 0. The summed E-state index contributed by atoms with van der Waals surface area (Å²) in [6.07, 6.45) is 10.5. The third-order valence-electron chi connectivity index (χ3n) is 3.19. The summed E-state index contributed by atoms with van der Waals surface area (Å²) in [5.41, 5.74) is 9.12. The molecule has 0 amide bonds. The molecule has 0 fully saturated rings. The van der Waals surface area contributed by atoms with Crippen LogP contribution in [0.1, 0.15) is 5.69 Å². The molecule has 0 radical (unpaired) electrons. The average molecular weight is 341 g/mol. The standard InChI is InChI=1S/C16H13BrN4/c1-2-3-4-10(7-18)14-6-12-13-5-11(17)8-20-16(13)21-15(12)9-19-14/h2-9H,1,18H2,(H,20,21)/b4-3-,10-7+. The molecule has 3 heterocycles. The van der Waals surface area contributed by atoms with Gasteiger partial charge in [-0.3, -0.25) is 4.98 Å². The molecule has 0 bridgehead atoms. The number of halogens is 1. The van der Waals surface area contributed by atoms with E-state index in [9.17, 15) is 0 Å². The van der Waals surface area contributed by atoms with Crippen molar-refractivity contribution in [2.75, 3.05) is 0 Å². The number of pyridine rings is 2. The van der Waals surface area contributed by atoms with Crippen LogP contribution in [0.2, 0.25) is 0 Å². The van der Waals surface area contributed by atoms with Gasteiger partial charge in [-0.15, -0.1) is 0 Å². The van der Waals surface area contributed by atoms with E-state index in [1.54, 1.807) is 18.5 Å². The number of nitrogens with zero attached hydrogens (tertiary/aromatic N) is 2. The van der Waals surface area contributed by atoms with Crippen molar-refractivity contribution in [2.24, 2.45) is 5.73 Å². The number of nitrogens with two attached hydrogens (primary N) is 1. The molecule has 3 N–H and O–H groups in total. The maximum absolute atomic E-state index is 5.69. The highest BCUT2D eigenvalue weighted by molar-refractivity contribution is 9.10. The zero-order valence-electron chi connectivity index (χ0n) is 11.2. The average Bonchev–Trinajstić information content (AvgIpc) is 2.85. The van der Waals surface area contributed by atoms with Crippen molar-refractivity contribution in [1.82, 2.24) is 15.0 Å². The van der Waals surface area contributed by atoms with E-state index in [0.717, 1.165) is 37.7 Å². The van der Waals surface area contributed by atoms with Gasteiger partial charge in [-0.2, -0.15) is 0 Å². The molecule has 0 spiro atoms. The zero-order chi connectivity index (χ0) is 14.8. The van der Waals surface area contributed by atoms with Gasteiger partial charge < -0.3 is 10.7 Å². The fourth-order valence-electron chi connectivity index (χ4n) is 2.21. The Bertz CT molecular complexity index is 890. The summed E-state index contributed by atoms with van der Waals surface area (Å²) in [6.45, 7) is 3.66. The van der Waals surface area contributed by atoms with Gasteiger partial charge in [-0.25, -0.2) is 4.98 Å². The van der Waals surface area contributed by atoms with Crippen LogP contribution in [0.4, 0.5) is 0 Å². The molecule has 4 nitrogen and oxygen atoms in total. The molecule has 0 aliphatic carbocycles. The SMILES string of the molecule is C=C/C=C\C(=C/N)c1cc2c(cn1)[nH]c1ncc(Br)cc12. The molecule has 3 aromatic heterocycles. The predicted octanol–water partition coefficient (Wildman–Crippen LogP) is 3.92. The van der Waals surface area contributed by atoms with E-state index in [1.807, 2.05) is 24.3 Å². The number of allylic oxidation sites excluding steroid dienone is 4. The minimum atomic E-state index is 0.809. The third-order valence-corrected chi connectivity index (χ3v) is 3.62. The van der Waals surface area contributed by atoms with Gasteiger partial charge in [0.1, 0.15) is 5.65 Å². The molecule has 0 saturated heterocycles. The highest BCUT2D eigenvalue weighted by Crippen LogP contribution is 2.28. The quantitative estimate of drug-likeness (QED) is 0.710.